The molecule has 2 bridgehead atoms. The Kier molecular flexibility index (Phi) is 6.07. The zero-order valence-electron chi connectivity index (χ0n) is 21.4. The fourth-order valence-electron chi connectivity index (χ4n) is 9.27. The van der Waals surface area contributed by atoms with Crippen LogP contribution in [0.5, 0.6) is 0 Å². The molecule has 0 heterocycles. The molecule has 5 nitrogen and oxygen atoms in total. The van der Waals surface area contributed by atoms with E-state index in [9.17, 15) is 14.7 Å². The third-order valence-electron chi connectivity index (χ3n) is 10.8. The lowest BCUT2D eigenvalue weighted by Gasteiger charge is -2.66. The number of carbonyl (C=O) groups excluding carboxylic acids is 2. The molecular formula is C29H39ClO5. The second-order valence-electron chi connectivity index (χ2n) is 12.6. The maximum atomic E-state index is 13.3. The number of ether oxygens (including phenoxy) is 2. The van der Waals surface area contributed by atoms with Crippen molar-refractivity contribution in [3.05, 3.63) is 35.9 Å². The number of carbonyl (C=O) groups is 2. The second-order valence-corrected chi connectivity index (χ2v) is 13.1. The van der Waals surface area contributed by atoms with E-state index in [-0.39, 0.29) is 28.7 Å². The molecule has 4 aliphatic rings. The van der Waals surface area contributed by atoms with Crippen LogP contribution in [0.15, 0.2) is 30.3 Å². The molecule has 35 heavy (non-hydrogen) atoms. The summed E-state index contributed by atoms with van der Waals surface area (Å²) < 4.78 is 11.9. The molecule has 4 fully saturated rings. The summed E-state index contributed by atoms with van der Waals surface area (Å²) in [5.74, 6) is -0.0139. The second kappa shape index (κ2) is 8.48. The fourth-order valence-corrected chi connectivity index (χ4v) is 9.72. The first-order valence-electron chi connectivity index (χ1n) is 13.2. The molecule has 1 N–H and O–H groups in total. The van der Waals surface area contributed by atoms with E-state index >= 15 is 0 Å². The van der Waals surface area contributed by atoms with Crippen LogP contribution in [0, 0.1) is 33.5 Å². The van der Waals surface area contributed by atoms with Crippen molar-refractivity contribution < 1.29 is 24.2 Å². The molecule has 0 amide bonds. The summed E-state index contributed by atoms with van der Waals surface area (Å²) in [6.07, 6.45) is 5.45. The highest BCUT2D eigenvalue weighted by Crippen LogP contribution is 2.74. The van der Waals surface area contributed by atoms with Crippen LogP contribution >= 0.6 is 11.6 Å². The third kappa shape index (κ3) is 3.51. The SMILES string of the molecule is CC(=O)OC[C@@]1(C)CCC[C@@]2(C)C3CC[C@]4(C)[C@H](Cl)[C@@H](O)C3(CCC12)[C@H]4OC(=O)c1ccccc1. The lowest BCUT2D eigenvalue weighted by atomic mass is 9.39. The van der Waals surface area contributed by atoms with Crippen molar-refractivity contribution in [1.82, 2.24) is 0 Å². The Morgan fingerprint density at radius 3 is 2.37 bits per heavy atom. The molecule has 192 valence electrons. The van der Waals surface area contributed by atoms with Crippen LogP contribution in [-0.2, 0) is 14.3 Å². The summed E-state index contributed by atoms with van der Waals surface area (Å²) in [5, 5.41) is 11.3. The van der Waals surface area contributed by atoms with Gasteiger partial charge in [-0.05, 0) is 67.9 Å². The molecule has 0 aliphatic heterocycles. The zero-order chi connectivity index (χ0) is 25.2. The van der Waals surface area contributed by atoms with Gasteiger partial charge in [-0.2, -0.15) is 0 Å². The number of esters is 2. The van der Waals surface area contributed by atoms with Gasteiger partial charge in [-0.15, -0.1) is 11.6 Å². The van der Waals surface area contributed by atoms with E-state index in [1.165, 1.54) is 6.92 Å². The quantitative estimate of drug-likeness (QED) is 0.418. The number of hydrogen-bond donors (Lipinski definition) is 1. The monoisotopic (exact) mass is 502 g/mol. The number of fused-ring (bicyclic) bond motifs is 3. The summed E-state index contributed by atoms with van der Waals surface area (Å²) in [6.45, 7) is 8.66. The minimum atomic E-state index is -0.727. The summed E-state index contributed by atoms with van der Waals surface area (Å²) in [5.41, 5.74) is -0.649. The first-order valence-corrected chi connectivity index (χ1v) is 13.6. The van der Waals surface area contributed by atoms with Gasteiger partial charge >= 0.3 is 11.9 Å². The highest BCUT2D eigenvalue weighted by Gasteiger charge is 2.76. The van der Waals surface area contributed by atoms with E-state index in [1.54, 1.807) is 12.1 Å². The number of alkyl halides is 1. The zero-order valence-corrected chi connectivity index (χ0v) is 22.1. The van der Waals surface area contributed by atoms with Gasteiger partial charge in [0.2, 0.25) is 0 Å². The largest absolute Gasteiger partial charge is 0.465 e. The van der Waals surface area contributed by atoms with Crippen molar-refractivity contribution in [1.29, 1.82) is 0 Å². The number of hydrogen-bond acceptors (Lipinski definition) is 5. The maximum Gasteiger partial charge on any atom is 0.338 e. The minimum absolute atomic E-state index is 0.0495. The van der Waals surface area contributed by atoms with Crippen molar-refractivity contribution in [2.45, 2.75) is 90.2 Å². The Bertz CT molecular complexity index is 998. The first-order chi connectivity index (χ1) is 16.5. The molecule has 4 aliphatic carbocycles. The van der Waals surface area contributed by atoms with Crippen LogP contribution in [0.2, 0.25) is 0 Å². The van der Waals surface area contributed by atoms with Crippen molar-refractivity contribution in [2.24, 2.45) is 33.5 Å². The molecule has 0 saturated heterocycles. The van der Waals surface area contributed by atoms with Crippen molar-refractivity contribution in [2.75, 3.05) is 6.61 Å². The normalized spacial score (nSPS) is 46.3. The molecule has 3 unspecified atom stereocenters. The molecule has 1 spiro atoms. The number of aliphatic hydroxyl groups is 1. The molecule has 9 atom stereocenters. The number of rotatable bonds is 4. The van der Waals surface area contributed by atoms with E-state index in [1.807, 2.05) is 18.2 Å². The Labute approximate surface area is 213 Å². The Hall–Kier alpha value is -1.59. The predicted octanol–water partition coefficient (Wildman–Crippen LogP) is 5.77. The Morgan fingerprint density at radius 2 is 1.69 bits per heavy atom. The highest BCUT2D eigenvalue weighted by molar-refractivity contribution is 6.22. The van der Waals surface area contributed by atoms with Crippen LogP contribution in [0.4, 0.5) is 0 Å². The Morgan fingerprint density at radius 1 is 1.00 bits per heavy atom. The fraction of sp³-hybridized carbons (Fsp3) is 0.724. The molecule has 4 saturated carbocycles. The standard InChI is InChI=1S/C29H39ClO5/c1-18(31)34-17-26(2)13-8-14-27(3)20(26)12-16-29-21(27)11-15-28(4,22(30)23(29)32)25(29)35-24(33)19-9-6-5-7-10-19/h5-7,9-10,20-23,25,32H,8,11-17H2,1-4H3/t20?,21?,22-,23-,25+,26-,27-,28-,29?/m1/s1. The summed E-state index contributed by atoms with van der Waals surface area (Å²) in [7, 11) is 0. The number of benzene rings is 1. The molecule has 1 aromatic carbocycles. The van der Waals surface area contributed by atoms with Gasteiger partial charge in [0.25, 0.3) is 0 Å². The topological polar surface area (TPSA) is 72.8 Å². The first kappa shape index (κ1) is 25.1. The van der Waals surface area contributed by atoms with Crippen LogP contribution in [0.1, 0.15) is 83.0 Å². The lowest BCUT2D eigenvalue weighted by molar-refractivity contribution is -0.222. The van der Waals surface area contributed by atoms with E-state index < -0.39 is 28.4 Å². The number of aliphatic hydroxyl groups excluding tert-OH is 1. The minimum Gasteiger partial charge on any atom is -0.465 e. The highest BCUT2D eigenvalue weighted by atomic mass is 35.5. The van der Waals surface area contributed by atoms with Crippen LogP contribution in [-0.4, -0.2) is 41.2 Å². The van der Waals surface area contributed by atoms with Gasteiger partial charge in [-0.3, -0.25) is 4.79 Å². The Balaban J connectivity index is 1.53. The van der Waals surface area contributed by atoms with Gasteiger partial charge < -0.3 is 14.6 Å². The van der Waals surface area contributed by atoms with Crippen molar-refractivity contribution in [3.63, 3.8) is 0 Å². The van der Waals surface area contributed by atoms with Crippen LogP contribution in [0.3, 0.4) is 0 Å². The van der Waals surface area contributed by atoms with Gasteiger partial charge in [0.15, 0.2) is 0 Å². The van der Waals surface area contributed by atoms with E-state index in [0.717, 1.165) is 44.9 Å². The third-order valence-corrected chi connectivity index (χ3v) is 11.5. The van der Waals surface area contributed by atoms with E-state index in [2.05, 4.69) is 20.8 Å². The molecule has 5 rings (SSSR count). The van der Waals surface area contributed by atoms with Crippen LogP contribution < -0.4 is 0 Å². The molecular weight excluding hydrogens is 464 g/mol. The van der Waals surface area contributed by atoms with Gasteiger partial charge in [-0.1, -0.05) is 45.4 Å². The van der Waals surface area contributed by atoms with Gasteiger partial charge in [0.1, 0.15) is 6.10 Å². The van der Waals surface area contributed by atoms with Gasteiger partial charge in [-0.25, -0.2) is 4.79 Å². The molecule has 1 aromatic rings. The summed E-state index contributed by atoms with van der Waals surface area (Å²) >= 11 is 7.01. The molecule has 0 radical (unpaired) electrons. The molecule has 6 heteroatoms. The lowest BCUT2D eigenvalue weighted by Crippen LogP contribution is -2.64. The number of halogens is 1. The van der Waals surface area contributed by atoms with E-state index in [0.29, 0.717) is 18.1 Å². The van der Waals surface area contributed by atoms with Gasteiger partial charge in [0, 0.05) is 23.2 Å². The van der Waals surface area contributed by atoms with Gasteiger partial charge in [0.05, 0.1) is 23.7 Å². The predicted molar refractivity (Wildman–Crippen MR) is 134 cm³/mol. The smallest absolute Gasteiger partial charge is 0.338 e. The van der Waals surface area contributed by atoms with Crippen molar-refractivity contribution in [3.8, 4) is 0 Å². The average molecular weight is 503 g/mol. The molecule has 0 aromatic heterocycles. The van der Waals surface area contributed by atoms with Crippen molar-refractivity contribution >= 4 is 23.5 Å². The maximum absolute atomic E-state index is 13.3. The summed E-state index contributed by atoms with van der Waals surface area (Å²) in [4.78, 5) is 24.9. The summed E-state index contributed by atoms with van der Waals surface area (Å²) in [6, 6.07) is 9.12. The average Bonchev–Trinajstić information content (AvgIpc) is 2.91. The van der Waals surface area contributed by atoms with E-state index in [4.69, 9.17) is 21.1 Å². The van der Waals surface area contributed by atoms with Crippen LogP contribution in [0.25, 0.3) is 0 Å².